The number of pyridine rings is 1. The fourth-order valence-corrected chi connectivity index (χ4v) is 5.65. The van der Waals surface area contributed by atoms with E-state index in [0.29, 0.717) is 12.9 Å². The molecule has 3 aromatic rings. The van der Waals surface area contributed by atoms with Gasteiger partial charge in [-0.2, -0.15) is 0 Å². The van der Waals surface area contributed by atoms with Gasteiger partial charge in [0, 0.05) is 18.4 Å². The van der Waals surface area contributed by atoms with Gasteiger partial charge in [-0.3, -0.25) is 9.78 Å². The standard InChI is InChI=1S/C28H30N2O3/c31-20-33-27(18-21(19-30-15-7-8-16-30)17-22-9-5-6-14-29-22)28(32)25-12-3-1-10-23(25)24-11-2-4-13-26(24)28/h1-6,9-14,20-21,27,32H,7-8,15-19H2/t21-,27?/m1/s1. The predicted molar refractivity (Wildman–Crippen MR) is 128 cm³/mol. The van der Waals surface area contributed by atoms with Gasteiger partial charge in [0.25, 0.3) is 6.47 Å². The molecule has 33 heavy (non-hydrogen) atoms. The number of hydrogen-bond donors (Lipinski definition) is 1. The van der Waals surface area contributed by atoms with Crippen LogP contribution in [-0.2, 0) is 21.6 Å². The molecule has 5 heteroatoms. The quantitative estimate of drug-likeness (QED) is 0.504. The Morgan fingerprint density at radius 1 is 0.970 bits per heavy atom. The van der Waals surface area contributed by atoms with Crippen LogP contribution in [0.4, 0.5) is 0 Å². The average Bonchev–Trinajstić information content (AvgIpc) is 3.45. The van der Waals surface area contributed by atoms with Crippen LogP contribution in [0.3, 0.4) is 0 Å². The Morgan fingerprint density at radius 2 is 1.61 bits per heavy atom. The monoisotopic (exact) mass is 442 g/mol. The van der Waals surface area contributed by atoms with Crippen molar-refractivity contribution in [2.75, 3.05) is 19.6 Å². The molecule has 1 N–H and O–H groups in total. The first-order chi connectivity index (χ1) is 16.2. The van der Waals surface area contributed by atoms with Crippen molar-refractivity contribution in [2.45, 2.75) is 37.4 Å². The largest absolute Gasteiger partial charge is 0.461 e. The predicted octanol–water partition coefficient (Wildman–Crippen LogP) is 4.18. The summed E-state index contributed by atoms with van der Waals surface area (Å²) in [6, 6.07) is 21.8. The first-order valence-electron chi connectivity index (χ1n) is 11.8. The van der Waals surface area contributed by atoms with E-state index in [9.17, 15) is 9.90 Å². The van der Waals surface area contributed by atoms with Gasteiger partial charge < -0.3 is 14.7 Å². The van der Waals surface area contributed by atoms with E-state index in [2.05, 4.69) is 9.88 Å². The van der Waals surface area contributed by atoms with Crippen LogP contribution in [0.5, 0.6) is 0 Å². The molecular formula is C28H30N2O3. The second-order valence-electron chi connectivity index (χ2n) is 9.21. The van der Waals surface area contributed by atoms with Crippen LogP contribution in [0.2, 0.25) is 0 Å². The van der Waals surface area contributed by atoms with Crippen molar-refractivity contribution < 1.29 is 14.6 Å². The van der Waals surface area contributed by atoms with Gasteiger partial charge in [-0.05, 0) is 79.1 Å². The summed E-state index contributed by atoms with van der Waals surface area (Å²) < 4.78 is 5.71. The molecular weight excluding hydrogens is 412 g/mol. The molecule has 0 spiro atoms. The minimum Gasteiger partial charge on any atom is -0.461 e. The highest BCUT2D eigenvalue weighted by Gasteiger charge is 2.49. The molecule has 1 fully saturated rings. The van der Waals surface area contributed by atoms with E-state index in [4.69, 9.17) is 4.74 Å². The van der Waals surface area contributed by atoms with Crippen molar-refractivity contribution in [3.8, 4) is 11.1 Å². The molecule has 0 saturated carbocycles. The summed E-state index contributed by atoms with van der Waals surface area (Å²) in [6.07, 6.45) is 4.87. The molecule has 2 heterocycles. The molecule has 1 aromatic heterocycles. The fraction of sp³-hybridized carbons (Fsp3) is 0.357. The summed E-state index contributed by atoms with van der Waals surface area (Å²) >= 11 is 0. The molecule has 0 amide bonds. The van der Waals surface area contributed by atoms with Crippen molar-refractivity contribution in [2.24, 2.45) is 5.92 Å². The third-order valence-corrected chi connectivity index (χ3v) is 7.14. The van der Waals surface area contributed by atoms with E-state index in [0.717, 1.165) is 54.0 Å². The lowest BCUT2D eigenvalue weighted by molar-refractivity contribution is -0.148. The van der Waals surface area contributed by atoms with Gasteiger partial charge in [0.15, 0.2) is 5.60 Å². The fourth-order valence-electron chi connectivity index (χ4n) is 5.65. The van der Waals surface area contributed by atoms with E-state index in [1.54, 1.807) is 0 Å². The van der Waals surface area contributed by atoms with Crippen molar-refractivity contribution >= 4 is 6.47 Å². The van der Waals surface area contributed by atoms with Gasteiger partial charge in [-0.15, -0.1) is 0 Å². The Hall–Kier alpha value is -3.02. The molecule has 1 aliphatic carbocycles. The van der Waals surface area contributed by atoms with Crippen LogP contribution in [0, 0.1) is 5.92 Å². The number of ether oxygens (including phenoxy) is 1. The summed E-state index contributed by atoms with van der Waals surface area (Å²) in [4.78, 5) is 18.7. The third-order valence-electron chi connectivity index (χ3n) is 7.14. The minimum absolute atomic E-state index is 0.187. The maximum absolute atomic E-state index is 12.2. The van der Waals surface area contributed by atoms with Gasteiger partial charge in [-0.1, -0.05) is 54.6 Å². The van der Waals surface area contributed by atoms with Crippen molar-refractivity contribution in [1.82, 2.24) is 9.88 Å². The zero-order valence-corrected chi connectivity index (χ0v) is 18.8. The van der Waals surface area contributed by atoms with Crippen molar-refractivity contribution in [3.63, 3.8) is 0 Å². The van der Waals surface area contributed by atoms with Crippen LogP contribution in [-0.4, -0.2) is 47.2 Å². The number of fused-ring (bicyclic) bond motifs is 3. The van der Waals surface area contributed by atoms with Gasteiger partial charge in [0.05, 0.1) is 0 Å². The highest BCUT2D eigenvalue weighted by molar-refractivity contribution is 5.80. The average molecular weight is 443 g/mol. The number of aliphatic hydroxyl groups is 1. The highest BCUT2D eigenvalue weighted by Crippen LogP contribution is 2.50. The van der Waals surface area contributed by atoms with E-state index in [1.807, 2.05) is 72.9 Å². The molecule has 1 unspecified atom stereocenters. The summed E-state index contributed by atoms with van der Waals surface area (Å²) in [5.41, 5.74) is 3.23. The van der Waals surface area contributed by atoms with Crippen LogP contribution in [0.25, 0.3) is 11.1 Å². The highest BCUT2D eigenvalue weighted by atomic mass is 16.5. The Bertz CT molecular complexity index is 1050. The van der Waals surface area contributed by atoms with Crippen LogP contribution in [0.15, 0.2) is 72.9 Å². The Balaban J connectivity index is 1.50. The number of carbonyl (C=O) groups is 1. The smallest absolute Gasteiger partial charge is 0.293 e. The first kappa shape index (κ1) is 21.8. The summed E-state index contributed by atoms with van der Waals surface area (Å²) in [7, 11) is 0. The number of carbonyl (C=O) groups excluding carboxylic acids is 1. The molecule has 2 aromatic carbocycles. The number of likely N-dealkylation sites (tertiary alicyclic amines) is 1. The summed E-state index contributed by atoms with van der Waals surface area (Å²) in [6.45, 7) is 3.57. The second-order valence-corrected chi connectivity index (χ2v) is 9.21. The zero-order chi connectivity index (χ0) is 22.7. The van der Waals surface area contributed by atoms with Crippen LogP contribution >= 0.6 is 0 Å². The Kier molecular flexibility index (Phi) is 6.25. The van der Waals surface area contributed by atoms with Crippen LogP contribution < -0.4 is 0 Å². The number of benzene rings is 2. The van der Waals surface area contributed by atoms with Gasteiger partial charge in [0.2, 0.25) is 0 Å². The molecule has 0 radical (unpaired) electrons. The van der Waals surface area contributed by atoms with Crippen molar-refractivity contribution in [1.29, 1.82) is 0 Å². The summed E-state index contributed by atoms with van der Waals surface area (Å²) in [5.74, 6) is 0.187. The first-order valence-corrected chi connectivity index (χ1v) is 11.8. The lowest BCUT2D eigenvalue weighted by atomic mass is 9.80. The maximum Gasteiger partial charge on any atom is 0.293 e. The SMILES string of the molecule is O=COC(C[C@@H](Cc1ccccn1)CN1CCCC1)C1(O)c2ccccc2-c2ccccc21. The van der Waals surface area contributed by atoms with Crippen molar-refractivity contribution in [3.05, 3.63) is 89.7 Å². The summed E-state index contributed by atoms with van der Waals surface area (Å²) in [5, 5.41) is 12.2. The molecule has 170 valence electrons. The van der Waals surface area contributed by atoms with E-state index in [-0.39, 0.29) is 5.92 Å². The molecule has 5 rings (SSSR count). The van der Waals surface area contributed by atoms with Gasteiger partial charge >= 0.3 is 0 Å². The third kappa shape index (κ3) is 4.19. The normalized spacial score (nSPS) is 18.3. The molecule has 2 atom stereocenters. The number of hydrogen-bond acceptors (Lipinski definition) is 5. The number of rotatable bonds is 9. The molecule has 2 aliphatic rings. The minimum atomic E-state index is -1.39. The van der Waals surface area contributed by atoms with E-state index in [1.165, 1.54) is 12.8 Å². The lowest BCUT2D eigenvalue weighted by Gasteiger charge is -2.36. The second kappa shape index (κ2) is 9.46. The zero-order valence-electron chi connectivity index (χ0n) is 18.8. The number of aromatic nitrogens is 1. The van der Waals surface area contributed by atoms with E-state index >= 15 is 0 Å². The molecule has 0 bridgehead atoms. The topological polar surface area (TPSA) is 62.7 Å². The van der Waals surface area contributed by atoms with Crippen LogP contribution in [0.1, 0.15) is 36.1 Å². The Labute approximate surface area is 195 Å². The molecule has 1 saturated heterocycles. The van der Waals surface area contributed by atoms with Gasteiger partial charge in [0.1, 0.15) is 6.10 Å². The maximum atomic E-state index is 12.2. The van der Waals surface area contributed by atoms with Gasteiger partial charge in [-0.25, -0.2) is 0 Å². The van der Waals surface area contributed by atoms with E-state index < -0.39 is 11.7 Å². The lowest BCUT2D eigenvalue weighted by Crippen LogP contribution is -2.43. The molecule has 1 aliphatic heterocycles. The molecule has 5 nitrogen and oxygen atoms in total. The number of nitrogens with zero attached hydrogens (tertiary/aromatic N) is 2. The Morgan fingerprint density at radius 3 is 2.21 bits per heavy atom.